The van der Waals surface area contributed by atoms with Crippen molar-refractivity contribution in [2.75, 3.05) is 19.7 Å². The van der Waals surface area contributed by atoms with Crippen molar-refractivity contribution in [1.82, 2.24) is 15.6 Å². The number of carbonyl (C=O) groups excluding carboxylic acids is 1. The van der Waals surface area contributed by atoms with Gasteiger partial charge in [-0.2, -0.15) is 0 Å². The molecule has 2 heterocycles. The first-order chi connectivity index (χ1) is 11.7. The van der Waals surface area contributed by atoms with Crippen LogP contribution in [-0.2, 0) is 0 Å². The third-order valence-corrected chi connectivity index (χ3v) is 5.18. The number of hydrogen-bond donors (Lipinski definition) is 2. The lowest BCUT2D eigenvalue weighted by Gasteiger charge is -2.29. The summed E-state index contributed by atoms with van der Waals surface area (Å²) < 4.78 is 5.45. The van der Waals surface area contributed by atoms with Crippen molar-refractivity contribution in [2.45, 2.75) is 26.3 Å². The number of aromatic nitrogens is 1. The van der Waals surface area contributed by atoms with Gasteiger partial charge < -0.3 is 15.4 Å². The molecule has 1 aliphatic heterocycles. The number of benzene rings is 1. The fourth-order valence-corrected chi connectivity index (χ4v) is 3.60. The minimum absolute atomic E-state index is 0. The highest BCUT2D eigenvalue weighted by Gasteiger charge is 2.24. The van der Waals surface area contributed by atoms with Crippen LogP contribution in [0.3, 0.4) is 0 Å². The summed E-state index contributed by atoms with van der Waals surface area (Å²) in [5, 5.41) is 9.09. The monoisotopic (exact) mass is 417 g/mol. The number of nitrogens with one attached hydrogen (secondary N) is 2. The first-order valence-corrected chi connectivity index (χ1v) is 9.25. The van der Waals surface area contributed by atoms with Gasteiger partial charge in [0.2, 0.25) is 0 Å². The number of carbonyl (C=O) groups is 1. The van der Waals surface area contributed by atoms with Gasteiger partial charge in [-0.3, -0.25) is 4.79 Å². The molecule has 2 N–H and O–H groups in total. The van der Waals surface area contributed by atoms with E-state index in [0.29, 0.717) is 18.2 Å². The van der Waals surface area contributed by atoms with E-state index in [1.807, 2.05) is 36.6 Å². The smallest absolute Gasteiger partial charge is 0.271 e. The molecule has 2 aromatic rings. The lowest BCUT2D eigenvalue weighted by Crippen LogP contribution is -2.50. The van der Waals surface area contributed by atoms with Gasteiger partial charge >= 0.3 is 0 Å². The first kappa shape index (κ1) is 22.7. The van der Waals surface area contributed by atoms with E-state index in [1.165, 1.54) is 11.3 Å². The normalized spacial score (nSPS) is 19.0. The first-order valence-electron chi connectivity index (χ1n) is 8.37. The van der Waals surface area contributed by atoms with Crippen molar-refractivity contribution in [3.05, 3.63) is 35.3 Å². The van der Waals surface area contributed by atoms with E-state index in [-0.39, 0.29) is 36.8 Å². The molecule has 144 valence electrons. The van der Waals surface area contributed by atoms with E-state index in [9.17, 15) is 4.79 Å². The number of piperidine rings is 1. The number of amides is 1. The maximum Gasteiger partial charge on any atom is 0.271 e. The molecule has 0 radical (unpaired) electrons. The molecular formula is C18H25Cl2N3O2S. The third kappa shape index (κ3) is 5.58. The molecule has 26 heavy (non-hydrogen) atoms. The van der Waals surface area contributed by atoms with Crippen LogP contribution in [0.1, 0.15) is 30.8 Å². The Labute approximate surface area is 170 Å². The highest BCUT2D eigenvalue weighted by molar-refractivity contribution is 7.13. The zero-order chi connectivity index (χ0) is 16.9. The highest BCUT2D eigenvalue weighted by Crippen LogP contribution is 2.26. The largest absolute Gasteiger partial charge is 0.494 e. The van der Waals surface area contributed by atoms with Gasteiger partial charge in [0, 0.05) is 23.5 Å². The number of rotatable bonds is 5. The van der Waals surface area contributed by atoms with Crippen molar-refractivity contribution in [3.8, 4) is 16.3 Å². The summed E-state index contributed by atoms with van der Waals surface area (Å²) in [6, 6.07) is 7.96. The van der Waals surface area contributed by atoms with Crippen molar-refractivity contribution in [3.63, 3.8) is 0 Å². The highest BCUT2D eigenvalue weighted by atomic mass is 35.5. The van der Waals surface area contributed by atoms with Gasteiger partial charge in [0.25, 0.3) is 5.91 Å². The molecule has 1 aliphatic rings. The van der Waals surface area contributed by atoms with Gasteiger partial charge in [-0.05, 0) is 50.1 Å². The molecule has 1 saturated heterocycles. The Hall–Kier alpha value is -1.34. The van der Waals surface area contributed by atoms with E-state index in [1.54, 1.807) is 0 Å². The van der Waals surface area contributed by atoms with E-state index < -0.39 is 0 Å². The average Bonchev–Trinajstić information content (AvgIpc) is 3.08. The fraction of sp³-hybridized carbons (Fsp3) is 0.444. The Bertz CT molecular complexity index is 694. The lowest BCUT2D eigenvalue weighted by molar-refractivity contribution is 0.0911. The Morgan fingerprint density at radius 3 is 2.73 bits per heavy atom. The Morgan fingerprint density at radius 2 is 2.08 bits per heavy atom. The van der Waals surface area contributed by atoms with E-state index in [0.717, 1.165) is 35.8 Å². The zero-order valence-electron chi connectivity index (χ0n) is 14.9. The van der Waals surface area contributed by atoms with Crippen LogP contribution in [0.25, 0.3) is 10.6 Å². The molecular weight excluding hydrogens is 393 g/mol. The van der Waals surface area contributed by atoms with Crippen LogP contribution in [0.15, 0.2) is 29.6 Å². The minimum Gasteiger partial charge on any atom is -0.494 e. The molecule has 5 nitrogen and oxygen atoms in total. The van der Waals surface area contributed by atoms with Crippen LogP contribution < -0.4 is 15.4 Å². The van der Waals surface area contributed by atoms with Gasteiger partial charge in [-0.1, -0.05) is 6.92 Å². The lowest BCUT2D eigenvalue weighted by atomic mass is 9.95. The topological polar surface area (TPSA) is 63.2 Å². The van der Waals surface area contributed by atoms with Crippen LogP contribution >= 0.6 is 36.2 Å². The third-order valence-electron chi connectivity index (χ3n) is 4.29. The summed E-state index contributed by atoms with van der Waals surface area (Å²) in [4.78, 5) is 16.9. The predicted octanol–water partition coefficient (Wildman–Crippen LogP) is 3.78. The number of hydrogen-bond acceptors (Lipinski definition) is 5. The van der Waals surface area contributed by atoms with Crippen molar-refractivity contribution >= 4 is 42.1 Å². The minimum atomic E-state index is -0.0935. The summed E-state index contributed by atoms with van der Waals surface area (Å²) in [7, 11) is 0. The molecule has 8 heteroatoms. The molecule has 1 fully saturated rings. The second kappa shape index (κ2) is 10.7. The van der Waals surface area contributed by atoms with E-state index in [4.69, 9.17) is 4.74 Å². The van der Waals surface area contributed by atoms with Crippen LogP contribution in [0.4, 0.5) is 0 Å². The zero-order valence-corrected chi connectivity index (χ0v) is 17.3. The maximum absolute atomic E-state index is 12.4. The van der Waals surface area contributed by atoms with Gasteiger partial charge in [-0.25, -0.2) is 4.98 Å². The second-order valence-corrected chi connectivity index (χ2v) is 6.90. The van der Waals surface area contributed by atoms with Gasteiger partial charge in [-0.15, -0.1) is 36.2 Å². The Balaban J connectivity index is 0.00000169. The number of thiazole rings is 1. The second-order valence-electron chi connectivity index (χ2n) is 6.05. The van der Waals surface area contributed by atoms with E-state index in [2.05, 4.69) is 22.5 Å². The summed E-state index contributed by atoms with van der Waals surface area (Å²) in [5.41, 5.74) is 1.48. The molecule has 0 spiro atoms. The Kier molecular flexibility index (Phi) is 9.36. The summed E-state index contributed by atoms with van der Waals surface area (Å²) in [5.74, 6) is 1.23. The summed E-state index contributed by atoms with van der Waals surface area (Å²) in [6.07, 6.45) is 1.08. The molecule has 1 aromatic carbocycles. The fourth-order valence-electron chi connectivity index (χ4n) is 2.80. The van der Waals surface area contributed by atoms with Crippen molar-refractivity contribution < 1.29 is 9.53 Å². The molecule has 2 unspecified atom stereocenters. The van der Waals surface area contributed by atoms with Crippen molar-refractivity contribution in [1.29, 1.82) is 0 Å². The van der Waals surface area contributed by atoms with Gasteiger partial charge in [0.15, 0.2) is 0 Å². The van der Waals surface area contributed by atoms with Crippen LogP contribution in [0.5, 0.6) is 5.75 Å². The van der Waals surface area contributed by atoms with Gasteiger partial charge in [0.05, 0.1) is 6.61 Å². The molecule has 2 atom stereocenters. The molecule has 0 aliphatic carbocycles. The quantitative estimate of drug-likeness (QED) is 0.776. The molecule has 1 amide bonds. The van der Waals surface area contributed by atoms with Gasteiger partial charge in [0.1, 0.15) is 16.5 Å². The Morgan fingerprint density at radius 1 is 1.35 bits per heavy atom. The maximum atomic E-state index is 12.4. The standard InChI is InChI=1S/C18H23N3O2S.2ClH/c1-3-23-14-6-4-13(5-7-14)18-21-16(11-24-18)17(22)20-15-10-19-9-8-12(15)2;;/h4-7,11-12,15,19H,3,8-10H2,1-2H3,(H,20,22);2*1H. The molecule has 3 rings (SSSR count). The molecule has 1 aromatic heterocycles. The molecule has 0 saturated carbocycles. The van der Waals surface area contributed by atoms with Crippen molar-refractivity contribution in [2.24, 2.45) is 5.92 Å². The predicted molar refractivity (Wildman–Crippen MR) is 111 cm³/mol. The summed E-state index contributed by atoms with van der Waals surface area (Å²) >= 11 is 1.48. The number of ether oxygens (including phenoxy) is 1. The SMILES string of the molecule is CCOc1ccc(-c2nc(C(=O)NC3CNCCC3C)cs2)cc1.Cl.Cl. The number of halogens is 2. The average molecular weight is 418 g/mol. The summed E-state index contributed by atoms with van der Waals surface area (Å²) in [6.45, 7) is 6.63. The van der Waals surface area contributed by atoms with Crippen LogP contribution in [-0.4, -0.2) is 36.6 Å². The van der Waals surface area contributed by atoms with Crippen LogP contribution in [0, 0.1) is 5.92 Å². The van der Waals surface area contributed by atoms with E-state index >= 15 is 0 Å². The molecule has 0 bridgehead atoms. The number of nitrogens with zero attached hydrogens (tertiary/aromatic N) is 1. The van der Waals surface area contributed by atoms with Crippen LogP contribution in [0.2, 0.25) is 0 Å².